The number of likely N-dealkylation sites (N-methyl/N-ethyl adjacent to an activating group) is 1. The summed E-state index contributed by atoms with van der Waals surface area (Å²) < 4.78 is 28.3. The zero-order chi connectivity index (χ0) is 19.6. The maximum atomic E-state index is 12.9. The number of benzene rings is 2. The summed E-state index contributed by atoms with van der Waals surface area (Å²) in [5, 5.41) is 3.24. The Kier molecular flexibility index (Phi) is 7.09. The molecule has 1 aliphatic rings. The van der Waals surface area contributed by atoms with Crippen molar-refractivity contribution in [3.05, 3.63) is 59.2 Å². The van der Waals surface area contributed by atoms with Crippen LogP contribution < -0.4 is 10.0 Å². The molecule has 1 atom stereocenters. The Hall–Kier alpha value is -2.09. The number of nitrogens with one attached hydrogen (secondary N) is 2. The fourth-order valence-corrected chi connectivity index (χ4v) is 4.37. The van der Waals surface area contributed by atoms with Gasteiger partial charge in [0, 0.05) is 25.2 Å². The van der Waals surface area contributed by atoms with Gasteiger partial charge in [-0.2, -0.15) is 0 Å². The maximum Gasteiger partial charge on any atom is 0.261 e. The van der Waals surface area contributed by atoms with E-state index in [1.54, 1.807) is 30.1 Å². The predicted octanol–water partition coefficient (Wildman–Crippen LogP) is 2.96. The van der Waals surface area contributed by atoms with Gasteiger partial charge in [-0.3, -0.25) is 9.52 Å². The fraction of sp³-hybridized carbons (Fsp3) is 0.350. The standard InChI is InChI=1S/C20H25N3O3S.ClH/c1-14-8-9-17(27(25,26)22-19-7-5-4-6-15(19)2)12-18(14)20(24)23(3)16-10-11-21-13-16;/h4-9,12,16,21-22H,10-11,13H2,1-3H3;1H. The van der Waals surface area contributed by atoms with Gasteiger partial charge in [-0.1, -0.05) is 24.3 Å². The van der Waals surface area contributed by atoms with Crippen LogP contribution >= 0.6 is 12.4 Å². The van der Waals surface area contributed by atoms with Crippen LogP contribution in [0.4, 0.5) is 5.69 Å². The van der Waals surface area contributed by atoms with Gasteiger partial charge in [-0.25, -0.2) is 8.42 Å². The molecule has 1 saturated heterocycles. The maximum absolute atomic E-state index is 12.9. The van der Waals surface area contributed by atoms with Gasteiger partial charge >= 0.3 is 0 Å². The second-order valence-corrected chi connectivity index (χ2v) is 8.64. The lowest BCUT2D eigenvalue weighted by Crippen LogP contribution is -2.38. The van der Waals surface area contributed by atoms with Crippen LogP contribution in [-0.2, 0) is 10.0 Å². The lowest BCUT2D eigenvalue weighted by Gasteiger charge is -2.24. The van der Waals surface area contributed by atoms with E-state index >= 15 is 0 Å². The highest BCUT2D eigenvalue weighted by atomic mass is 35.5. The molecule has 1 heterocycles. The van der Waals surface area contributed by atoms with E-state index in [0.29, 0.717) is 11.3 Å². The molecule has 0 saturated carbocycles. The molecule has 1 amide bonds. The van der Waals surface area contributed by atoms with E-state index in [0.717, 1.165) is 30.6 Å². The molecule has 1 fully saturated rings. The molecule has 0 spiro atoms. The first-order valence-corrected chi connectivity index (χ1v) is 10.4. The number of para-hydroxylation sites is 1. The van der Waals surface area contributed by atoms with Crippen LogP contribution in [0.3, 0.4) is 0 Å². The molecule has 0 aliphatic carbocycles. The zero-order valence-electron chi connectivity index (χ0n) is 16.2. The number of rotatable bonds is 5. The molecule has 2 aromatic rings. The molecular weight excluding hydrogens is 398 g/mol. The van der Waals surface area contributed by atoms with Gasteiger partial charge in [0.25, 0.3) is 15.9 Å². The van der Waals surface area contributed by atoms with Crippen molar-refractivity contribution in [2.24, 2.45) is 0 Å². The van der Waals surface area contributed by atoms with Crippen LogP contribution in [0.1, 0.15) is 27.9 Å². The minimum Gasteiger partial charge on any atom is -0.337 e. The molecule has 152 valence electrons. The lowest BCUT2D eigenvalue weighted by molar-refractivity contribution is 0.0743. The lowest BCUT2D eigenvalue weighted by atomic mass is 10.1. The molecule has 0 radical (unpaired) electrons. The predicted molar refractivity (Wildman–Crippen MR) is 114 cm³/mol. The van der Waals surface area contributed by atoms with Gasteiger partial charge in [0.2, 0.25) is 0 Å². The number of carbonyl (C=O) groups is 1. The van der Waals surface area contributed by atoms with Crippen molar-refractivity contribution < 1.29 is 13.2 Å². The highest BCUT2D eigenvalue weighted by Crippen LogP contribution is 2.23. The Balaban J connectivity index is 0.00000280. The first-order chi connectivity index (χ1) is 12.8. The number of sulfonamides is 1. The smallest absolute Gasteiger partial charge is 0.261 e. The van der Waals surface area contributed by atoms with E-state index in [1.165, 1.54) is 12.1 Å². The third-order valence-electron chi connectivity index (χ3n) is 5.04. The summed E-state index contributed by atoms with van der Waals surface area (Å²) in [6.07, 6.45) is 0.897. The molecule has 2 N–H and O–H groups in total. The first kappa shape index (κ1) is 22.2. The van der Waals surface area contributed by atoms with Crippen molar-refractivity contribution in [3.8, 4) is 0 Å². The Morgan fingerprint density at radius 1 is 1.14 bits per heavy atom. The number of hydrogen-bond donors (Lipinski definition) is 2. The molecular formula is C20H26ClN3O3S. The summed E-state index contributed by atoms with van der Waals surface area (Å²) in [6, 6.07) is 12.0. The molecule has 28 heavy (non-hydrogen) atoms. The molecule has 1 aliphatic heterocycles. The highest BCUT2D eigenvalue weighted by Gasteiger charge is 2.26. The van der Waals surface area contributed by atoms with Gasteiger partial charge in [-0.05, 0) is 56.1 Å². The average molecular weight is 424 g/mol. The fourth-order valence-electron chi connectivity index (χ4n) is 3.22. The molecule has 3 rings (SSSR count). The van der Waals surface area contributed by atoms with Crippen LogP contribution in [0.25, 0.3) is 0 Å². The number of hydrogen-bond acceptors (Lipinski definition) is 4. The van der Waals surface area contributed by atoms with Crippen LogP contribution in [0, 0.1) is 13.8 Å². The molecule has 6 nitrogen and oxygen atoms in total. The first-order valence-electron chi connectivity index (χ1n) is 8.96. The number of halogens is 1. The molecule has 1 unspecified atom stereocenters. The van der Waals surface area contributed by atoms with Crippen molar-refractivity contribution in [1.29, 1.82) is 0 Å². The third kappa shape index (κ3) is 4.66. The Labute approximate surface area is 172 Å². The topological polar surface area (TPSA) is 78.5 Å². The van der Waals surface area contributed by atoms with Gasteiger partial charge < -0.3 is 10.2 Å². The molecule has 0 bridgehead atoms. The summed E-state index contributed by atoms with van der Waals surface area (Å²) in [4.78, 5) is 14.7. The third-order valence-corrected chi connectivity index (χ3v) is 6.40. The van der Waals surface area contributed by atoms with E-state index in [4.69, 9.17) is 0 Å². The monoisotopic (exact) mass is 423 g/mol. The summed E-state index contributed by atoms with van der Waals surface area (Å²) in [7, 11) is -2.02. The van der Waals surface area contributed by atoms with Gasteiger partial charge in [-0.15, -0.1) is 12.4 Å². The van der Waals surface area contributed by atoms with Gasteiger partial charge in [0.15, 0.2) is 0 Å². The van der Waals surface area contributed by atoms with Crippen molar-refractivity contribution >= 4 is 34.0 Å². The summed E-state index contributed by atoms with van der Waals surface area (Å²) in [5.74, 6) is -0.158. The van der Waals surface area contributed by atoms with E-state index in [1.807, 2.05) is 26.0 Å². The largest absolute Gasteiger partial charge is 0.337 e. The molecule has 8 heteroatoms. The minimum atomic E-state index is -3.79. The summed E-state index contributed by atoms with van der Waals surface area (Å²) in [5.41, 5.74) is 2.53. The van der Waals surface area contributed by atoms with Crippen molar-refractivity contribution in [2.75, 3.05) is 24.9 Å². The van der Waals surface area contributed by atoms with E-state index < -0.39 is 10.0 Å². The number of nitrogens with zero attached hydrogens (tertiary/aromatic N) is 1. The minimum absolute atomic E-state index is 0. The van der Waals surface area contributed by atoms with Crippen LogP contribution in [0.2, 0.25) is 0 Å². The summed E-state index contributed by atoms with van der Waals surface area (Å²) >= 11 is 0. The van der Waals surface area contributed by atoms with Crippen molar-refractivity contribution in [2.45, 2.75) is 31.2 Å². The Morgan fingerprint density at radius 2 is 1.86 bits per heavy atom. The van der Waals surface area contributed by atoms with Gasteiger partial charge in [0.05, 0.1) is 10.6 Å². The van der Waals surface area contributed by atoms with E-state index in [9.17, 15) is 13.2 Å². The second kappa shape index (κ2) is 8.94. The number of carbonyl (C=O) groups excluding carboxylic acids is 1. The van der Waals surface area contributed by atoms with Crippen molar-refractivity contribution in [3.63, 3.8) is 0 Å². The second-order valence-electron chi connectivity index (χ2n) is 6.96. The molecule has 0 aromatic heterocycles. The molecule has 2 aromatic carbocycles. The van der Waals surface area contributed by atoms with Gasteiger partial charge in [0.1, 0.15) is 0 Å². The quantitative estimate of drug-likeness (QED) is 0.774. The Morgan fingerprint density at radius 3 is 2.50 bits per heavy atom. The average Bonchev–Trinajstić information content (AvgIpc) is 3.17. The van der Waals surface area contributed by atoms with Crippen LogP contribution in [0.5, 0.6) is 0 Å². The van der Waals surface area contributed by atoms with Crippen molar-refractivity contribution in [1.82, 2.24) is 10.2 Å². The number of anilines is 1. The van der Waals surface area contributed by atoms with E-state index in [2.05, 4.69) is 10.0 Å². The van der Waals surface area contributed by atoms with E-state index in [-0.39, 0.29) is 29.3 Å². The SMILES string of the molecule is Cc1ccccc1NS(=O)(=O)c1ccc(C)c(C(=O)N(C)C2CCNC2)c1.Cl. The highest BCUT2D eigenvalue weighted by molar-refractivity contribution is 7.92. The number of amides is 1. The number of aryl methyl sites for hydroxylation is 2. The summed E-state index contributed by atoms with van der Waals surface area (Å²) in [6.45, 7) is 5.30. The zero-order valence-corrected chi connectivity index (χ0v) is 17.9. The van der Waals surface area contributed by atoms with Crippen LogP contribution in [0.15, 0.2) is 47.4 Å². The Bertz CT molecular complexity index is 957. The van der Waals surface area contributed by atoms with Crippen LogP contribution in [-0.4, -0.2) is 45.4 Å². The normalized spacial score (nSPS) is 16.3.